The number of fused-ring (bicyclic) bond motifs is 1. The van der Waals surface area contributed by atoms with Gasteiger partial charge in [0.2, 0.25) is 0 Å². The lowest BCUT2D eigenvalue weighted by Crippen LogP contribution is -2.66. The number of aromatic nitrogens is 1. The van der Waals surface area contributed by atoms with Crippen molar-refractivity contribution in [2.45, 2.75) is 0 Å². The molecule has 2 fully saturated rings. The number of primary amides is 1. The van der Waals surface area contributed by atoms with Crippen LogP contribution in [0.5, 0.6) is 0 Å². The Hall–Kier alpha value is -1.66. The first-order valence-electron chi connectivity index (χ1n) is 6.19. The molecule has 2 aliphatic heterocycles. The van der Waals surface area contributed by atoms with Crippen LogP contribution in [0.15, 0.2) is 18.2 Å². The van der Waals surface area contributed by atoms with E-state index in [9.17, 15) is 4.79 Å². The van der Waals surface area contributed by atoms with Crippen molar-refractivity contribution < 1.29 is 9.53 Å². The van der Waals surface area contributed by atoms with Crippen LogP contribution in [0.25, 0.3) is 10.2 Å². The van der Waals surface area contributed by atoms with E-state index in [1.807, 2.05) is 12.1 Å². The Kier molecular flexibility index (Phi) is 2.17. The van der Waals surface area contributed by atoms with Crippen LogP contribution in [0.4, 0.5) is 5.13 Å². The first-order chi connectivity index (χ1) is 9.17. The Bertz CT molecular complexity index is 670. The van der Waals surface area contributed by atoms with Gasteiger partial charge in [-0.1, -0.05) is 17.4 Å². The maximum Gasteiger partial charge on any atom is 0.250 e. The number of hydrogen-bond acceptors (Lipinski definition) is 5. The van der Waals surface area contributed by atoms with E-state index < -0.39 is 5.91 Å². The zero-order chi connectivity index (χ0) is 13.0. The molecule has 6 heteroatoms. The van der Waals surface area contributed by atoms with Gasteiger partial charge in [-0.15, -0.1) is 0 Å². The monoisotopic (exact) mass is 275 g/mol. The second-order valence-corrected chi connectivity index (χ2v) is 6.37. The van der Waals surface area contributed by atoms with Crippen LogP contribution in [0, 0.1) is 5.41 Å². The van der Waals surface area contributed by atoms with E-state index in [2.05, 4.69) is 9.88 Å². The lowest BCUT2D eigenvalue weighted by atomic mass is 9.78. The molecule has 2 aromatic rings. The van der Waals surface area contributed by atoms with Crippen molar-refractivity contribution in [3.8, 4) is 0 Å². The third-order valence-electron chi connectivity index (χ3n) is 3.81. The highest BCUT2D eigenvalue weighted by Crippen LogP contribution is 2.42. The Morgan fingerprint density at radius 3 is 2.84 bits per heavy atom. The van der Waals surface area contributed by atoms with Crippen LogP contribution in [0.3, 0.4) is 0 Å². The molecular formula is C13H13N3O2S. The molecule has 0 atom stereocenters. The van der Waals surface area contributed by atoms with Crippen molar-refractivity contribution in [1.82, 2.24) is 4.98 Å². The van der Waals surface area contributed by atoms with Gasteiger partial charge in [0.15, 0.2) is 5.13 Å². The molecule has 1 spiro atoms. The second-order valence-electron chi connectivity index (χ2n) is 5.36. The zero-order valence-electron chi connectivity index (χ0n) is 10.3. The highest BCUT2D eigenvalue weighted by molar-refractivity contribution is 7.22. The number of carbonyl (C=O) groups is 1. The molecule has 1 aromatic carbocycles. The number of carbonyl (C=O) groups excluding carboxylic acids is 1. The van der Waals surface area contributed by atoms with E-state index in [-0.39, 0.29) is 0 Å². The van der Waals surface area contributed by atoms with Gasteiger partial charge >= 0.3 is 0 Å². The molecule has 1 amide bonds. The van der Waals surface area contributed by atoms with Gasteiger partial charge in [-0.3, -0.25) is 4.79 Å². The van der Waals surface area contributed by atoms with Crippen LogP contribution < -0.4 is 10.6 Å². The average molecular weight is 275 g/mol. The number of anilines is 1. The Morgan fingerprint density at radius 1 is 1.42 bits per heavy atom. The lowest BCUT2D eigenvalue weighted by Gasteiger charge is -2.54. The third-order valence-corrected chi connectivity index (χ3v) is 4.89. The summed E-state index contributed by atoms with van der Waals surface area (Å²) in [6, 6.07) is 5.55. The Labute approximate surface area is 114 Å². The van der Waals surface area contributed by atoms with Crippen LogP contribution in [0.2, 0.25) is 0 Å². The Balaban J connectivity index is 1.69. The Morgan fingerprint density at radius 2 is 2.21 bits per heavy atom. The van der Waals surface area contributed by atoms with Gasteiger partial charge < -0.3 is 15.4 Å². The first kappa shape index (κ1) is 11.2. The summed E-state index contributed by atoms with van der Waals surface area (Å²) in [6.45, 7) is 3.72. The summed E-state index contributed by atoms with van der Waals surface area (Å²) in [4.78, 5) is 18.2. The zero-order valence-corrected chi connectivity index (χ0v) is 11.1. The van der Waals surface area contributed by atoms with Crippen LogP contribution in [0.1, 0.15) is 10.4 Å². The molecule has 5 nitrogen and oxygen atoms in total. The minimum atomic E-state index is -0.421. The maximum absolute atomic E-state index is 11.4. The number of benzene rings is 1. The molecule has 2 aliphatic rings. The standard InChI is InChI=1S/C13H13N3O2S/c14-11(17)8-2-1-3-9-10(8)15-12(19-9)16-4-13(5-16)6-18-7-13/h1-3H,4-7H2,(H2,14,17). The van der Waals surface area contributed by atoms with Gasteiger partial charge in [0.1, 0.15) is 0 Å². The molecule has 1 aromatic heterocycles. The van der Waals surface area contributed by atoms with Gasteiger partial charge in [-0.05, 0) is 12.1 Å². The number of nitrogens with two attached hydrogens (primary N) is 1. The van der Waals surface area contributed by atoms with E-state index in [0.29, 0.717) is 11.0 Å². The summed E-state index contributed by atoms with van der Waals surface area (Å²) in [7, 11) is 0. The molecule has 0 saturated carbocycles. The van der Waals surface area contributed by atoms with E-state index >= 15 is 0 Å². The number of rotatable bonds is 2. The van der Waals surface area contributed by atoms with Crippen LogP contribution in [-0.4, -0.2) is 37.2 Å². The number of amides is 1. The summed E-state index contributed by atoms with van der Waals surface area (Å²) in [5.41, 5.74) is 6.97. The molecule has 19 heavy (non-hydrogen) atoms. The molecule has 0 radical (unpaired) electrons. The fourth-order valence-corrected chi connectivity index (χ4v) is 3.73. The largest absolute Gasteiger partial charge is 0.380 e. The SMILES string of the molecule is NC(=O)c1cccc2sc(N3CC4(COC4)C3)nc12. The summed E-state index contributed by atoms with van der Waals surface area (Å²) < 4.78 is 6.28. The minimum absolute atomic E-state index is 0.365. The second kappa shape index (κ2) is 3.68. The number of thiazole rings is 1. The fraction of sp³-hybridized carbons (Fsp3) is 0.385. The van der Waals surface area contributed by atoms with Crippen molar-refractivity contribution in [3.63, 3.8) is 0 Å². The molecule has 4 rings (SSSR count). The summed E-state index contributed by atoms with van der Waals surface area (Å²) >= 11 is 1.61. The highest BCUT2D eigenvalue weighted by atomic mass is 32.1. The van der Waals surface area contributed by atoms with Crippen molar-refractivity contribution in [3.05, 3.63) is 23.8 Å². The average Bonchev–Trinajstić information content (AvgIpc) is 2.67. The van der Waals surface area contributed by atoms with Gasteiger partial charge in [-0.2, -0.15) is 0 Å². The lowest BCUT2D eigenvalue weighted by molar-refractivity contribution is -0.127. The molecule has 2 saturated heterocycles. The third kappa shape index (κ3) is 1.56. The molecule has 2 N–H and O–H groups in total. The topological polar surface area (TPSA) is 68.5 Å². The van der Waals surface area contributed by atoms with Crippen molar-refractivity contribution in [2.24, 2.45) is 11.1 Å². The fourth-order valence-electron chi connectivity index (χ4n) is 2.74. The molecule has 0 aliphatic carbocycles. The number of nitrogens with zero attached hydrogens (tertiary/aromatic N) is 2. The summed E-state index contributed by atoms with van der Waals surface area (Å²) in [6.07, 6.45) is 0. The van der Waals surface area contributed by atoms with Crippen LogP contribution >= 0.6 is 11.3 Å². The smallest absolute Gasteiger partial charge is 0.250 e. The molecule has 0 unspecified atom stereocenters. The van der Waals surface area contributed by atoms with Crippen molar-refractivity contribution >= 4 is 32.6 Å². The van der Waals surface area contributed by atoms with Gasteiger partial charge in [0, 0.05) is 13.1 Å². The van der Waals surface area contributed by atoms with Gasteiger partial charge in [-0.25, -0.2) is 4.98 Å². The molecule has 3 heterocycles. The number of ether oxygens (including phenoxy) is 1. The van der Waals surface area contributed by atoms with E-state index in [1.54, 1.807) is 17.4 Å². The number of hydrogen-bond donors (Lipinski definition) is 1. The predicted molar refractivity (Wildman–Crippen MR) is 73.6 cm³/mol. The van der Waals surface area contributed by atoms with Crippen molar-refractivity contribution in [2.75, 3.05) is 31.2 Å². The molecule has 0 bridgehead atoms. The molecule has 98 valence electrons. The van der Waals surface area contributed by atoms with Gasteiger partial charge in [0.25, 0.3) is 5.91 Å². The van der Waals surface area contributed by atoms with E-state index in [4.69, 9.17) is 10.5 Å². The van der Waals surface area contributed by atoms with Crippen molar-refractivity contribution in [1.29, 1.82) is 0 Å². The summed E-state index contributed by atoms with van der Waals surface area (Å²) in [5.74, 6) is -0.421. The normalized spacial score (nSPS) is 20.3. The number of para-hydroxylation sites is 1. The summed E-state index contributed by atoms with van der Waals surface area (Å²) in [5, 5.41) is 0.973. The van der Waals surface area contributed by atoms with E-state index in [0.717, 1.165) is 41.7 Å². The van der Waals surface area contributed by atoms with Gasteiger partial charge in [0.05, 0.1) is 34.4 Å². The quantitative estimate of drug-likeness (QED) is 0.895. The van der Waals surface area contributed by atoms with Crippen LogP contribution in [-0.2, 0) is 4.74 Å². The first-order valence-corrected chi connectivity index (χ1v) is 7.01. The van der Waals surface area contributed by atoms with E-state index in [1.165, 1.54) is 0 Å². The predicted octanol–water partition coefficient (Wildman–Crippen LogP) is 1.23. The molecular weight excluding hydrogens is 262 g/mol. The highest BCUT2D eigenvalue weighted by Gasteiger charge is 2.49. The minimum Gasteiger partial charge on any atom is -0.380 e. The maximum atomic E-state index is 11.4.